The van der Waals surface area contributed by atoms with Crippen LogP contribution in [0.1, 0.15) is 81.1 Å². The van der Waals surface area contributed by atoms with Gasteiger partial charge in [0.2, 0.25) is 0 Å². The van der Waals surface area contributed by atoms with Crippen LogP contribution in [0.25, 0.3) is 9.69 Å². The largest absolute Gasteiger partial charge is 0.372 e. The van der Waals surface area contributed by atoms with Crippen molar-refractivity contribution in [3.8, 4) is 0 Å². The molecule has 6 fully saturated rings. The minimum atomic E-state index is -0.594. The van der Waals surface area contributed by atoms with Crippen molar-refractivity contribution in [2.45, 2.75) is 139 Å². The predicted octanol–water partition coefficient (Wildman–Crippen LogP) is 1.82. The molecule has 4 atom stereocenters. The second-order valence-corrected chi connectivity index (χ2v) is 23.9. The molecule has 0 bridgehead atoms. The number of ether oxygens (including phenoxy) is 4. The number of hydroxylamine groups is 2. The second-order valence-electron chi connectivity index (χ2n) is 23.3. The lowest BCUT2D eigenvalue weighted by molar-refractivity contribution is -1.16. The molecule has 0 aromatic heterocycles. The first kappa shape index (κ1) is 63.0. The van der Waals surface area contributed by atoms with Crippen LogP contribution in [-0.4, -0.2) is 230 Å². The van der Waals surface area contributed by atoms with Crippen LogP contribution in [0.2, 0.25) is 0 Å². The molecule has 10 N–H and O–H groups in total. The first-order valence-electron chi connectivity index (χ1n) is 24.0. The average Bonchev–Trinajstić information content (AvgIpc) is 3.97. The normalized spacial score (nSPS) is 29.0. The van der Waals surface area contributed by atoms with Crippen molar-refractivity contribution < 1.29 is 38.2 Å². The van der Waals surface area contributed by atoms with Crippen molar-refractivity contribution >= 4 is 23.2 Å². The Balaban J connectivity index is 0.000000432. The van der Waals surface area contributed by atoms with Crippen molar-refractivity contribution in [1.29, 1.82) is 0 Å². The number of hydrogen-bond donors (Lipinski definition) is 8. The van der Waals surface area contributed by atoms with Crippen molar-refractivity contribution in [2.24, 2.45) is 11.5 Å². The summed E-state index contributed by atoms with van der Waals surface area (Å²) in [7, 11) is 15.3. The number of halogens is 2. The zero-order valence-electron chi connectivity index (χ0n) is 44.2. The third-order valence-corrected chi connectivity index (χ3v) is 12.7. The number of nitrogens with one attached hydrogen (secondary N) is 5. The quantitative estimate of drug-likeness (QED) is 0.0328. The molecule has 6 rings (SSSR count). The summed E-state index contributed by atoms with van der Waals surface area (Å²) >= 11 is 10.5. The molecule has 388 valence electrons. The maximum Gasteiger partial charge on any atom is 0.298 e. The fourth-order valence-electron chi connectivity index (χ4n) is 8.75. The molecule has 6 saturated heterocycles. The number of piperidine rings is 2. The van der Waals surface area contributed by atoms with E-state index in [0.717, 1.165) is 101 Å². The summed E-state index contributed by atoms with van der Waals surface area (Å²) < 4.78 is 21.6. The van der Waals surface area contributed by atoms with Gasteiger partial charge < -0.3 is 50.0 Å². The van der Waals surface area contributed by atoms with Gasteiger partial charge in [-0.25, -0.2) is 29.0 Å². The van der Waals surface area contributed by atoms with E-state index < -0.39 is 11.3 Å². The molecule has 6 aliphatic rings. The lowest BCUT2D eigenvalue weighted by Crippen LogP contribution is -3.25. The standard InChI is InChI=1S/C15H31N5.C14H29N5O.2C6H14NO.2C3H5ClO/c1-13(2)11-15(17-5,12-14(3,4)20(13)6)19-10-9-18-8-7-16;1-12(2)10-14(16-5,11-13(3,4)19(12)20)18-9-8-17-7-6-15;2*1-7(2,3)4-6-5-8-6;2*4-1-3-2-5-3/h18-19H,7-12,16H2,1-4,6H3;17-18,20H,6-11,15H2,1-4H3;2*6H,4-5H2,1-3H3;2*3H,1-2H2/q;;2*+1;;/p+1. The minimum absolute atomic E-state index is 0.0178. The Morgan fingerprint density at radius 3 is 1.11 bits per heavy atom. The van der Waals surface area contributed by atoms with Gasteiger partial charge in [0.15, 0.2) is 0 Å². The number of quaternary nitrogens is 3. The highest BCUT2D eigenvalue weighted by molar-refractivity contribution is 6.18. The summed E-state index contributed by atoms with van der Waals surface area (Å²) in [6.07, 6.45) is 4.89. The molecule has 66 heavy (non-hydrogen) atoms. The molecule has 6 aliphatic heterocycles. The van der Waals surface area contributed by atoms with Gasteiger partial charge in [0, 0.05) is 63.4 Å². The van der Waals surface area contributed by atoms with Crippen LogP contribution in [0.15, 0.2) is 0 Å². The van der Waals surface area contributed by atoms with Crippen molar-refractivity contribution in [2.75, 3.05) is 153 Å². The number of epoxide rings is 4. The number of rotatable bonds is 18. The molecule has 0 amide bonds. The zero-order chi connectivity index (χ0) is 50.7. The van der Waals surface area contributed by atoms with Gasteiger partial charge >= 0.3 is 0 Å². The maximum absolute atomic E-state index is 10.4. The predicted molar refractivity (Wildman–Crippen MR) is 270 cm³/mol. The van der Waals surface area contributed by atoms with Crippen molar-refractivity contribution in [3.05, 3.63) is 22.8 Å². The van der Waals surface area contributed by atoms with Gasteiger partial charge in [0.1, 0.15) is 36.4 Å². The van der Waals surface area contributed by atoms with Gasteiger partial charge in [0.25, 0.3) is 11.3 Å². The van der Waals surface area contributed by atoms with Crippen LogP contribution < -0.4 is 37.8 Å². The van der Waals surface area contributed by atoms with E-state index in [2.05, 4.69) is 113 Å². The lowest BCUT2D eigenvalue weighted by atomic mass is 9.74. The van der Waals surface area contributed by atoms with Crippen LogP contribution in [0, 0.1) is 13.1 Å². The number of nitrogens with two attached hydrogens (primary N) is 2. The molecule has 19 heteroatoms. The fraction of sp³-hybridized carbons (Fsp3) is 0.957. The summed E-state index contributed by atoms with van der Waals surface area (Å²) in [4.78, 5) is 10.3. The van der Waals surface area contributed by atoms with Crippen LogP contribution in [0.4, 0.5) is 0 Å². The van der Waals surface area contributed by atoms with Gasteiger partial charge in [-0.2, -0.15) is 5.06 Å². The Kier molecular flexibility index (Phi) is 26.8. The number of likely N-dealkylation sites (tertiary alicyclic amines) is 1. The van der Waals surface area contributed by atoms with Crippen LogP contribution >= 0.6 is 23.2 Å². The Morgan fingerprint density at radius 1 is 0.591 bits per heavy atom. The Morgan fingerprint density at radius 2 is 0.894 bits per heavy atom. The van der Waals surface area contributed by atoms with Gasteiger partial charge in [-0.05, 0) is 62.4 Å². The number of nitrogens with zero attached hydrogens (tertiary/aromatic N) is 5. The van der Waals surface area contributed by atoms with E-state index in [1.165, 1.54) is 0 Å². The summed E-state index contributed by atoms with van der Waals surface area (Å²) in [6, 6.07) is 0. The summed E-state index contributed by atoms with van der Waals surface area (Å²) in [5.41, 5.74) is 9.19. The van der Waals surface area contributed by atoms with E-state index in [1.54, 1.807) is 0 Å². The highest BCUT2D eigenvalue weighted by Gasteiger charge is 2.60. The molecule has 0 radical (unpaired) electrons. The Bertz CT molecular complexity index is 1290. The third-order valence-electron chi connectivity index (χ3n) is 12.1. The lowest BCUT2D eigenvalue weighted by Gasteiger charge is -2.54. The van der Waals surface area contributed by atoms with Crippen LogP contribution in [-0.2, 0) is 18.9 Å². The maximum atomic E-state index is 10.4. The molecule has 0 saturated carbocycles. The number of alkyl halides is 2. The number of likely N-dealkylation sites (N-methyl/N-ethyl adjacent to an activating group) is 2. The zero-order valence-corrected chi connectivity index (χ0v) is 45.7. The van der Waals surface area contributed by atoms with Gasteiger partial charge in [0.05, 0.1) is 118 Å². The average molecular weight is 983 g/mol. The highest BCUT2D eigenvalue weighted by atomic mass is 35.5. The molecule has 0 aromatic carbocycles. The van der Waals surface area contributed by atoms with E-state index in [0.29, 0.717) is 67.2 Å². The molecule has 0 spiro atoms. The van der Waals surface area contributed by atoms with Crippen LogP contribution in [0.3, 0.4) is 0 Å². The minimum Gasteiger partial charge on any atom is -0.372 e. The summed E-state index contributed by atoms with van der Waals surface area (Å²) in [6.45, 7) is 44.3. The van der Waals surface area contributed by atoms with Gasteiger partial charge in [-0.15, -0.1) is 23.2 Å². The monoisotopic (exact) mass is 982 g/mol. The van der Waals surface area contributed by atoms with Crippen molar-refractivity contribution in [3.63, 3.8) is 0 Å². The third kappa shape index (κ3) is 26.8. The molecule has 0 aliphatic carbocycles. The number of hydrogen-bond acceptors (Lipinski definition) is 12. The highest BCUT2D eigenvalue weighted by Crippen LogP contribution is 2.43. The van der Waals surface area contributed by atoms with E-state index in [1.807, 2.05) is 27.7 Å². The molecule has 6 heterocycles. The molecule has 0 aromatic rings. The molecule has 17 nitrogen and oxygen atoms in total. The van der Waals surface area contributed by atoms with Crippen molar-refractivity contribution in [1.82, 2.24) is 26.2 Å². The van der Waals surface area contributed by atoms with E-state index >= 15 is 0 Å². The summed E-state index contributed by atoms with van der Waals surface area (Å²) in [5.74, 6) is 1.33. The topological polar surface area (TPSA) is 187 Å². The second kappa shape index (κ2) is 28.1. The van der Waals surface area contributed by atoms with E-state index in [4.69, 9.17) is 66.8 Å². The first-order chi connectivity index (χ1) is 30.4. The SMILES string of the molecule is C[N+](C)(C)CC1CO1.C[N+](C)(C)CC1CO1.ClCC1CO1.ClCC1CO1.[C-]#[N+]C1(NCCNCCN)CC(C)(C)N(C)C(C)(C)C1.[C-]#[N+]C1(NCCNCCN)CC(C)(C)[NH+](O)C(C)(C)C1. The summed E-state index contributed by atoms with van der Waals surface area (Å²) in [5, 5.41) is 24.3. The Labute approximate surface area is 412 Å². The van der Waals surface area contributed by atoms with E-state index in [9.17, 15) is 5.21 Å². The smallest absolute Gasteiger partial charge is 0.298 e. The molecular formula is C47H99Cl2N12O5+3. The van der Waals surface area contributed by atoms with Crippen LogP contribution in [0.5, 0.6) is 0 Å². The van der Waals surface area contributed by atoms with Gasteiger partial charge in [-0.3, -0.25) is 14.6 Å². The first-order valence-corrected chi connectivity index (χ1v) is 25.1. The fourth-order valence-corrected chi connectivity index (χ4v) is 9.11. The Hall–Kier alpha value is -1.04. The van der Waals surface area contributed by atoms with Gasteiger partial charge in [-0.1, -0.05) is 0 Å². The van der Waals surface area contributed by atoms with E-state index in [-0.39, 0.29) is 22.2 Å². The molecular weight excluding hydrogens is 884 g/mol. The molecule has 4 unspecified atom stereocenters.